The Labute approximate surface area is 266 Å². The third-order valence-corrected chi connectivity index (χ3v) is 10.8. The molecule has 3 aromatic carbocycles. The molecule has 3 aromatic rings. The highest BCUT2D eigenvalue weighted by Crippen LogP contribution is 2.49. The fourth-order valence-corrected chi connectivity index (χ4v) is 8.47. The van der Waals surface area contributed by atoms with E-state index in [0.717, 1.165) is 5.56 Å². The molecular formula is C31H30Cl4N2O4S. The molecule has 0 saturated carbocycles. The minimum absolute atomic E-state index is 0.0560. The molecule has 3 atom stereocenters. The quantitative estimate of drug-likeness (QED) is 0.253. The first-order valence-electron chi connectivity index (χ1n) is 13.1. The van der Waals surface area contributed by atoms with Gasteiger partial charge in [-0.3, -0.25) is 9.59 Å². The van der Waals surface area contributed by atoms with E-state index in [-0.39, 0.29) is 43.4 Å². The molecule has 6 nitrogen and oxygen atoms in total. The molecule has 11 heteroatoms. The minimum atomic E-state index is -4.41. The van der Waals surface area contributed by atoms with Crippen LogP contribution in [0.25, 0.3) is 0 Å². The largest absolute Gasteiger partial charge is 0.369 e. The molecule has 1 aliphatic heterocycles. The van der Waals surface area contributed by atoms with Crippen LogP contribution in [0, 0.1) is 11.3 Å². The predicted octanol–water partition coefficient (Wildman–Crippen LogP) is 7.69. The fourth-order valence-electron chi connectivity index (χ4n) is 5.15. The molecule has 0 fully saturated rings. The summed E-state index contributed by atoms with van der Waals surface area (Å²) in [4.78, 5) is 26.3. The zero-order valence-electron chi connectivity index (χ0n) is 23.2. The van der Waals surface area contributed by atoms with E-state index in [1.54, 1.807) is 24.3 Å². The van der Waals surface area contributed by atoms with Crippen molar-refractivity contribution in [3.05, 3.63) is 110 Å². The fraction of sp³-hybridized carbons (Fsp3) is 0.290. The molecule has 42 heavy (non-hydrogen) atoms. The molecule has 0 radical (unpaired) electrons. The molecule has 0 aliphatic carbocycles. The van der Waals surface area contributed by atoms with E-state index in [1.807, 2.05) is 51.1 Å². The minimum Gasteiger partial charge on any atom is -0.369 e. The summed E-state index contributed by atoms with van der Waals surface area (Å²) >= 11 is 25.4. The summed E-state index contributed by atoms with van der Waals surface area (Å²) in [5.74, 6) is -1.85. The number of primary amides is 1. The van der Waals surface area contributed by atoms with Crippen LogP contribution >= 0.6 is 46.4 Å². The van der Waals surface area contributed by atoms with E-state index in [4.69, 9.17) is 52.1 Å². The number of Topliss-reactive ketones (excluding diaryl/α,β-unsaturated/α-hetero) is 1. The van der Waals surface area contributed by atoms with Crippen molar-refractivity contribution in [3.8, 4) is 0 Å². The molecule has 1 aliphatic rings. The number of rotatable bonds is 9. The number of halogens is 4. The summed E-state index contributed by atoms with van der Waals surface area (Å²) in [5.41, 5.74) is 6.52. The first kappa shape index (κ1) is 32.5. The van der Waals surface area contributed by atoms with E-state index in [2.05, 4.69) is 0 Å². The summed E-state index contributed by atoms with van der Waals surface area (Å²) in [6.45, 7) is 5.60. The van der Waals surface area contributed by atoms with Gasteiger partial charge in [-0.25, -0.2) is 8.42 Å². The molecule has 222 valence electrons. The topological polar surface area (TPSA) is 97.5 Å². The van der Waals surface area contributed by atoms with Crippen molar-refractivity contribution in [2.45, 2.75) is 50.6 Å². The normalized spacial score (nSPS) is 18.5. The molecule has 0 aromatic heterocycles. The maximum absolute atomic E-state index is 14.5. The summed E-state index contributed by atoms with van der Waals surface area (Å²) in [6.07, 6.45) is 1.69. The number of carbonyl (C=O) groups excluding carboxylic acids is 2. The van der Waals surface area contributed by atoms with Crippen LogP contribution in [0.1, 0.15) is 44.4 Å². The van der Waals surface area contributed by atoms with Crippen LogP contribution in [0.15, 0.2) is 83.3 Å². The highest BCUT2D eigenvalue weighted by Gasteiger charge is 2.50. The molecule has 2 N–H and O–H groups in total. The van der Waals surface area contributed by atoms with Gasteiger partial charge in [-0.15, -0.1) is 0 Å². The number of hydrogen-bond donors (Lipinski definition) is 1. The Balaban J connectivity index is 1.88. The Hall–Kier alpha value is -2.39. The van der Waals surface area contributed by atoms with Crippen LogP contribution in [0.3, 0.4) is 0 Å². The summed E-state index contributed by atoms with van der Waals surface area (Å²) in [5, 5.41) is 0.342. The van der Waals surface area contributed by atoms with Crippen molar-refractivity contribution in [1.29, 1.82) is 0 Å². The number of nitrogens with zero attached hydrogens (tertiary/aromatic N) is 1. The van der Waals surface area contributed by atoms with Crippen LogP contribution in [0.5, 0.6) is 0 Å². The van der Waals surface area contributed by atoms with Crippen molar-refractivity contribution in [1.82, 2.24) is 4.31 Å². The van der Waals surface area contributed by atoms with Crippen LogP contribution < -0.4 is 5.73 Å². The third kappa shape index (κ3) is 6.72. The number of ketones is 1. The molecule has 4 rings (SSSR count). The average molecular weight is 668 g/mol. The Morgan fingerprint density at radius 3 is 2.05 bits per heavy atom. The van der Waals surface area contributed by atoms with Gasteiger partial charge in [-0.1, -0.05) is 116 Å². The van der Waals surface area contributed by atoms with Gasteiger partial charge >= 0.3 is 0 Å². The Morgan fingerprint density at radius 1 is 0.881 bits per heavy atom. The van der Waals surface area contributed by atoms with E-state index in [1.165, 1.54) is 22.5 Å². The van der Waals surface area contributed by atoms with Crippen molar-refractivity contribution in [3.63, 3.8) is 0 Å². The number of sulfonamides is 1. The Bertz CT molecular complexity index is 1630. The highest BCUT2D eigenvalue weighted by atomic mass is 35.5. The first-order valence-corrected chi connectivity index (χ1v) is 16.1. The second-order valence-electron chi connectivity index (χ2n) is 11.3. The second kappa shape index (κ2) is 12.7. The Morgan fingerprint density at radius 2 is 1.50 bits per heavy atom. The van der Waals surface area contributed by atoms with Gasteiger partial charge < -0.3 is 5.73 Å². The zero-order chi connectivity index (χ0) is 31.0. The number of amides is 1. The van der Waals surface area contributed by atoms with E-state index in [0.29, 0.717) is 5.56 Å². The zero-order valence-corrected chi connectivity index (χ0v) is 27.0. The van der Waals surface area contributed by atoms with Crippen molar-refractivity contribution < 1.29 is 18.0 Å². The van der Waals surface area contributed by atoms with Gasteiger partial charge in [-0.05, 0) is 47.2 Å². The van der Waals surface area contributed by atoms with Crippen molar-refractivity contribution in [2.24, 2.45) is 17.1 Å². The van der Waals surface area contributed by atoms with E-state index >= 15 is 0 Å². The summed E-state index contributed by atoms with van der Waals surface area (Å²) in [6, 6.07) is 16.5. The second-order valence-corrected chi connectivity index (χ2v) is 14.7. The van der Waals surface area contributed by atoms with Crippen LogP contribution in [0.4, 0.5) is 0 Å². The van der Waals surface area contributed by atoms with Gasteiger partial charge in [0.15, 0.2) is 5.78 Å². The lowest BCUT2D eigenvalue weighted by Gasteiger charge is -2.37. The van der Waals surface area contributed by atoms with Crippen LogP contribution in [-0.2, 0) is 26.0 Å². The van der Waals surface area contributed by atoms with Crippen molar-refractivity contribution >= 4 is 68.1 Å². The molecule has 0 unspecified atom stereocenters. The maximum atomic E-state index is 14.5. The Kier molecular flexibility index (Phi) is 9.82. The number of carbonyl (C=O) groups is 2. The van der Waals surface area contributed by atoms with Gasteiger partial charge in [0, 0.05) is 24.0 Å². The molecule has 0 bridgehead atoms. The predicted molar refractivity (Wildman–Crippen MR) is 168 cm³/mol. The SMILES string of the molecule is CC(C)(C)[C@@H]1C=C(C(=O)C[C@@H](Cc2ccccc2)C(N)=O)[C@H](c2ccc(Cl)c(Cl)c2)N1S(=O)(=O)c1c(Cl)cccc1Cl. The lowest BCUT2D eigenvalue weighted by Crippen LogP contribution is -2.45. The third-order valence-electron chi connectivity index (χ3n) is 7.24. The van der Waals surface area contributed by atoms with E-state index in [9.17, 15) is 18.0 Å². The summed E-state index contributed by atoms with van der Waals surface area (Å²) in [7, 11) is -4.41. The lowest BCUT2D eigenvalue weighted by molar-refractivity contribution is -0.126. The average Bonchev–Trinajstić information content (AvgIpc) is 3.33. The van der Waals surface area contributed by atoms with E-state index < -0.39 is 45.1 Å². The van der Waals surface area contributed by atoms with Crippen LogP contribution in [0.2, 0.25) is 20.1 Å². The summed E-state index contributed by atoms with van der Waals surface area (Å²) < 4.78 is 30.2. The highest BCUT2D eigenvalue weighted by molar-refractivity contribution is 7.89. The molecule has 1 heterocycles. The van der Waals surface area contributed by atoms with Gasteiger partial charge in [0.05, 0.1) is 26.1 Å². The van der Waals surface area contributed by atoms with Gasteiger partial charge in [0.2, 0.25) is 15.9 Å². The first-order chi connectivity index (χ1) is 19.6. The van der Waals surface area contributed by atoms with Crippen LogP contribution in [-0.4, -0.2) is 30.5 Å². The maximum Gasteiger partial charge on any atom is 0.247 e. The van der Waals surface area contributed by atoms with Gasteiger partial charge in [0.1, 0.15) is 4.90 Å². The molecule has 0 saturated heterocycles. The lowest BCUT2D eigenvalue weighted by atomic mass is 9.86. The standard InChI is InChI=1S/C31H30Cl4N2O4S/c1-31(2,3)27-17-21(26(38)16-20(30(36)39)14-18-8-5-4-6-9-18)28(19-12-13-22(32)25(35)15-19)37(27)42(40,41)29-23(33)10-7-11-24(29)34/h4-13,15,17,20,27-28H,14,16H2,1-3H3,(H2,36,39)/t20-,27+,28+/m1/s1. The number of benzene rings is 3. The van der Waals surface area contributed by atoms with Crippen molar-refractivity contribution in [2.75, 3.05) is 0 Å². The number of nitrogens with two attached hydrogens (primary N) is 1. The molecular weight excluding hydrogens is 638 g/mol. The monoisotopic (exact) mass is 666 g/mol. The molecule has 1 amide bonds. The molecule has 0 spiro atoms. The number of hydrogen-bond acceptors (Lipinski definition) is 4. The smallest absolute Gasteiger partial charge is 0.247 e. The van der Waals surface area contributed by atoms with Gasteiger partial charge in [-0.2, -0.15) is 4.31 Å². The van der Waals surface area contributed by atoms with Gasteiger partial charge in [0.25, 0.3) is 0 Å².